The van der Waals surface area contributed by atoms with Crippen LogP contribution in [-0.2, 0) is 0 Å². The third-order valence-electron chi connectivity index (χ3n) is 4.13. The molecule has 2 aromatic heterocycles. The first-order chi connectivity index (χ1) is 10.2. The molecule has 106 valence electrons. The summed E-state index contributed by atoms with van der Waals surface area (Å²) in [6.45, 7) is 4.52. The van der Waals surface area contributed by atoms with Gasteiger partial charge in [-0.2, -0.15) is 5.10 Å². The van der Waals surface area contributed by atoms with E-state index < -0.39 is 0 Å². The van der Waals surface area contributed by atoms with Crippen LogP contribution in [0.3, 0.4) is 0 Å². The Bertz CT molecular complexity index is 803. The number of benzene rings is 1. The van der Waals surface area contributed by atoms with E-state index in [1.165, 1.54) is 22.2 Å². The number of para-hydroxylation sites is 1. The SMILES string of the molecule is CC(C)CC1Nc2ccccc2-c2cnnc3[nH]cc1c23. The number of aromatic amines is 1. The number of nitrogens with one attached hydrogen (secondary N) is 2. The van der Waals surface area contributed by atoms with Crippen molar-refractivity contribution in [1.82, 2.24) is 15.2 Å². The summed E-state index contributed by atoms with van der Waals surface area (Å²) < 4.78 is 0. The monoisotopic (exact) mass is 278 g/mol. The van der Waals surface area contributed by atoms with Gasteiger partial charge in [0, 0.05) is 34.0 Å². The third kappa shape index (κ3) is 1.90. The third-order valence-corrected chi connectivity index (χ3v) is 4.13. The van der Waals surface area contributed by atoms with Crippen LogP contribution in [0.4, 0.5) is 5.69 Å². The van der Waals surface area contributed by atoms with Crippen molar-refractivity contribution in [3.8, 4) is 11.1 Å². The van der Waals surface area contributed by atoms with Gasteiger partial charge in [0.2, 0.25) is 0 Å². The Morgan fingerprint density at radius 1 is 1.19 bits per heavy atom. The van der Waals surface area contributed by atoms with E-state index in [1.54, 1.807) is 0 Å². The highest BCUT2D eigenvalue weighted by molar-refractivity contribution is 6.00. The Morgan fingerprint density at radius 2 is 2.05 bits per heavy atom. The lowest BCUT2D eigenvalue weighted by molar-refractivity contribution is 0.533. The normalized spacial score (nSPS) is 16.6. The van der Waals surface area contributed by atoms with Gasteiger partial charge in [-0.15, -0.1) is 5.10 Å². The molecule has 0 bridgehead atoms. The fourth-order valence-corrected chi connectivity index (χ4v) is 3.24. The lowest BCUT2D eigenvalue weighted by Gasteiger charge is -2.20. The topological polar surface area (TPSA) is 53.6 Å². The summed E-state index contributed by atoms with van der Waals surface area (Å²) in [6.07, 6.45) is 5.04. The minimum atomic E-state index is 0.297. The molecule has 4 heteroatoms. The van der Waals surface area contributed by atoms with Crippen LogP contribution in [0.5, 0.6) is 0 Å². The molecule has 21 heavy (non-hydrogen) atoms. The van der Waals surface area contributed by atoms with Gasteiger partial charge in [0.15, 0.2) is 5.65 Å². The van der Waals surface area contributed by atoms with Gasteiger partial charge in [-0.25, -0.2) is 0 Å². The van der Waals surface area contributed by atoms with Crippen LogP contribution < -0.4 is 5.32 Å². The zero-order valence-electron chi connectivity index (χ0n) is 12.2. The Hall–Kier alpha value is -2.36. The van der Waals surface area contributed by atoms with Crippen molar-refractivity contribution >= 4 is 16.7 Å². The molecule has 1 aliphatic heterocycles. The van der Waals surface area contributed by atoms with Crippen LogP contribution in [0.15, 0.2) is 36.7 Å². The van der Waals surface area contributed by atoms with E-state index in [-0.39, 0.29) is 0 Å². The van der Waals surface area contributed by atoms with E-state index in [0.29, 0.717) is 12.0 Å². The molecule has 0 spiro atoms. The van der Waals surface area contributed by atoms with Gasteiger partial charge < -0.3 is 10.3 Å². The number of anilines is 1. The summed E-state index contributed by atoms with van der Waals surface area (Å²) in [5.74, 6) is 0.621. The Balaban J connectivity index is 2.02. The number of H-pyrrole nitrogens is 1. The van der Waals surface area contributed by atoms with E-state index in [9.17, 15) is 0 Å². The van der Waals surface area contributed by atoms with Gasteiger partial charge in [0.05, 0.1) is 12.2 Å². The highest BCUT2D eigenvalue weighted by Crippen LogP contribution is 2.42. The minimum Gasteiger partial charge on any atom is -0.378 e. The predicted molar refractivity (Wildman–Crippen MR) is 85.1 cm³/mol. The first kappa shape index (κ1) is 12.4. The molecule has 0 aliphatic carbocycles. The second kappa shape index (κ2) is 4.58. The standard InChI is InChI=1S/C17H18N4/c1-10(2)7-15-13-8-18-17-16(13)12(9-19-21-17)11-5-3-4-6-14(11)20-15/h3-6,8-10,15,20H,7H2,1-2H3,(H,18,21). The smallest absolute Gasteiger partial charge is 0.160 e. The highest BCUT2D eigenvalue weighted by Gasteiger charge is 2.25. The number of rotatable bonds is 2. The first-order valence-corrected chi connectivity index (χ1v) is 7.42. The maximum absolute atomic E-state index is 4.24. The Morgan fingerprint density at radius 3 is 2.90 bits per heavy atom. The minimum absolute atomic E-state index is 0.297. The lowest BCUT2D eigenvalue weighted by Crippen LogP contribution is -2.12. The second-order valence-electron chi connectivity index (χ2n) is 6.10. The van der Waals surface area contributed by atoms with Crippen LogP contribution in [0.2, 0.25) is 0 Å². The van der Waals surface area contributed by atoms with Crippen LogP contribution in [0.1, 0.15) is 31.9 Å². The summed E-state index contributed by atoms with van der Waals surface area (Å²) >= 11 is 0. The quantitative estimate of drug-likeness (QED) is 0.740. The molecular weight excluding hydrogens is 260 g/mol. The van der Waals surface area contributed by atoms with Crippen molar-refractivity contribution in [2.45, 2.75) is 26.3 Å². The fourth-order valence-electron chi connectivity index (χ4n) is 3.24. The van der Waals surface area contributed by atoms with Crippen LogP contribution in [-0.4, -0.2) is 15.2 Å². The molecule has 0 amide bonds. The van der Waals surface area contributed by atoms with E-state index in [2.05, 4.69) is 64.8 Å². The largest absolute Gasteiger partial charge is 0.378 e. The molecule has 4 rings (SSSR count). The summed E-state index contributed by atoms with van der Waals surface area (Å²) in [5.41, 5.74) is 5.69. The molecule has 1 atom stereocenters. The second-order valence-corrected chi connectivity index (χ2v) is 6.10. The summed E-state index contributed by atoms with van der Waals surface area (Å²) in [5, 5.41) is 13.3. The maximum Gasteiger partial charge on any atom is 0.160 e. The molecule has 3 heterocycles. The van der Waals surface area contributed by atoms with Gasteiger partial charge in [-0.1, -0.05) is 32.0 Å². The highest BCUT2D eigenvalue weighted by atomic mass is 15.1. The number of hydrogen-bond donors (Lipinski definition) is 2. The number of hydrogen-bond acceptors (Lipinski definition) is 3. The average Bonchev–Trinajstić information content (AvgIpc) is 2.85. The molecule has 0 radical (unpaired) electrons. The van der Waals surface area contributed by atoms with E-state index >= 15 is 0 Å². The van der Waals surface area contributed by atoms with Crippen LogP contribution in [0, 0.1) is 5.92 Å². The van der Waals surface area contributed by atoms with Crippen molar-refractivity contribution in [2.75, 3.05) is 5.32 Å². The molecule has 3 aromatic rings. The van der Waals surface area contributed by atoms with Crippen LogP contribution in [0.25, 0.3) is 22.2 Å². The fraction of sp³-hybridized carbons (Fsp3) is 0.294. The summed E-state index contributed by atoms with van der Waals surface area (Å²) in [6, 6.07) is 8.73. The van der Waals surface area contributed by atoms with Crippen molar-refractivity contribution in [1.29, 1.82) is 0 Å². The molecule has 0 fully saturated rings. The number of fused-ring (bicyclic) bond motifs is 2. The molecule has 1 aliphatic rings. The lowest BCUT2D eigenvalue weighted by atomic mass is 9.96. The van der Waals surface area contributed by atoms with Crippen molar-refractivity contribution in [3.63, 3.8) is 0 Å². The van der Waals surface area contributed by atoms with Gasteiger partial charge in [-0.05, 0) is 18.4 Å². The number of aromatic nitrogens is 3. The van der Waals surface area contributed by atoms with Gasteiger partial charge >= 0.3 is 0 Å². The van der Waals surface area contributed by atoms with Crippen molar-refractivity contribution in [3.05, 3.63) is 42.2 Å². The van der Waals surface area contributed by atoms with E-state index in [1.807, 2.05) is 6.20 Å². The molecule has 2 N–H and O–H groups in total. The van der Waals surface area contributed by atoms with Gasteiger partial charge in [0.25, 0.3) is 0 Å². The van der Waals surface area contributed by atoms with E-state index in [0.717, 1.165) is 17.6 Å². The molecule has 0 saturated heterocycles. The molecule has 4 nitrogen and oxygen atoms in total. The van der Waals surface area contributed by atoms with Gasteiger partial charge in [-0.3, -0.25) is 0 Å². The maximum atomic E-state index is 4.24. The van der Waals surface area contributed by atoms with Crippen LogP contribution >= 0.6 is 0 Å². The van der Waals surface area contributed by atoms with Crippen molar-refractivity contribution < 1.29 is 0 Å². The molecule has 0 saturated carbocycles. The summed E-state index contributed by atoms with van der Waals surface area (Å²) in [4.78, 5) is 3.27. The molecular formula is C17H18N4. The van der Waals surface area contributed by atoms with Gasteiger partial charge in [0.1, 0.15) is 0 Å². The Labute approximate surface area is 123 Å². The predicted octanol–water partition coefficient (Wildman–Crippen LogP) is 4.14. The van der Waals surface area contributed by atoms with Crippen molar-refractivity contribution in [2.24, 2.45) is 5.92 Å². The summed E-state index contributed by atoms with van der Waals surface area (Å²) in [7, 11) is 0. The molecule has 1 aromatic carbocycles. The molecule has 1 unspecified atom stereocenters. The Kier molecular flexibility index (Phi) is 2.70. The van der Waals surface area contributed by atoms with E-state index in [4.69, 9.17) is 0 Å². The number of nitrogens with zero attached hydrogens (tertiary/aromatic N) is 2. The first-order valence-electron chi connectivity index (χ1n) is 7.42. The average molecular weight is 278 g/mol. The zero-order chi connectivity index (χ0) is 14.4. The zero-order valence-corrected chi connectivity index (χ0v) is 12.2.